The van der Waals surface area contributed by atoms with E-state index in [1.165, 1.54) is 6.92 Å². The molecule has 0 bridgehead atoms. The number of esters is 1. The number of aldehydes is 1. The highest BCUT2D eigenvalue weighted by molar-refractivity contribution is 5.76. The second kappa shape index (κ2) is 15.5. The number of rotatable bonds is 14. The number of ether oxygens (including phenoxy) is 4. The molecular formula is C32H50N2O9. The van der Waals surface area contributed by atoms with Crippen molar-refractivity contribution in [2.45, 2.75) is 122 Å². The van der Waals surface area contributed by atoms with E-state index in [9.17, 15) is 24.6 Å². The number of aliphatic hydroxyl groups excluding tert-OH is 1. The predicted octanol–water partition coefficient (Wildman–Crippen LogP) is 2.25. The Morgan fingerprint density at radius 2 is 1.95 bits per heavy atom. The summed E-state index contributed by atoms with van der Waals surface area (Å²) in [5, 5.41) is 28.1. The van der Waals surface area contributed by atoms with E-state index in [0.717, 1.165) is 24.7 Å². The fraction of sp³-hybridized carbons (Fsp3) is 0.719. The van der Waals surface area contributed by atoms with Crippen molar-refractivity contribution in [3.63, 3.8) is 0 Å². The molecule has 11 heteroatoms. The first kappa shape index (κ1) is 35.1. The third-order valence-electron chi connectivity index (χ3n) is 8.26. The molecule has 3 aliphatic heterocycles. The molecule has 0 saturated carbocycles. The highest BCUT2D eigenvalue weighted by Crippen LogP contribution is 2.47. The van der Waals surface area contributed by atoms with Crippen molar-refractivity contribution in [2.75, 3.05) is 19.7 Å². The van der Waals surface area contributed by atoms with Gasteiger partial charge in [-0.25, -0.2) is 0 Å². The Labute approximate surface area is 255 Å². The molecule has 3 aliphatic rings. The summed E-state index contributed by atoms with van der Waals surface area (Å²) < 4.78 is 22.8. The van der Waals surface area contributed by atoms with Gasteiger partial charge in [-0.15, -0.1) is 0 Å². The molecule has 1 amide bonds. The monoisotopic (exact) mass is 606 g/mol. The average molecular weight is 607 g/mol. The van der Waals surface area contributed by atoms with Gasteiger partial charge in [0.15, 0.2) is 5.79 Å². The predicted molar refractivity (Wildman–Crippen MR) is 160 cm³/mol. The molecule has 0 radical (unpaired) electrons. The Morgan fingerprint density at radius 3 is 2.58 bits per heavy atom. The molecule has 11 nitrogen and oxygen atoms in total. The minimum atomic E-state index is -1.73. The molecule has 3 rings (SSSR count). The second-order valence-corrected chi connectivity index (χ2v) is 12.3. The zero-order chi connectivity index (χ0) is 31.8. The lowest BCUT2D eigenvalue weighted by Gasteiger charge is -2.42. The molecule has 0 aromatic heterocycles. The zero-order valence-electron chi connectivity index (χ0n) is 26.3. The van der Waals surface area contributed by atoms with E-state index in [1.54, 1.807) is 19.1 Å². The number of aliphatic hydroxyl groups is 2. The van der Waals surface area contributed by atoms with Crippen LogP contribution in [0.2, 0.25) is 0 Å². The fourth-order valence-electron chi connectivity index (χ4n) is 5.81. The van der Waals surface area contributed by atoms with Gasteiger partial charge in [-0.2, -0.15) is 0 Å². The van der Waals surface area contributed by atoms with Crippen LogP contribution in [0.4, 0.5) is 0 Å². The van der Waals surface area contributed by atoms with Crippen LogP contribution in [0, 0.1) is 5.92 Å². The second-order valence-electron chi connectivity index (χ2n) is 12.3. The summed E-state index contributed by atoms with van der Waals surface area (Å²) in [5.74, 6) is -2.17. The Hall–Kier alpha value is -2.41. The van der Waals surface area contributed by atoms with E-state index in [2.05, 4.69) is 23.6 Å². The molecule has 0 aromatic carbocycles. The minimum absolute atomic E-state index is 0.00727. The molecule has 43 heavy (non-hydrogen) atoms. The van der Waals surface area contributed by atoms with Gasteiger partial charge in [-0.1, -0.05) is 37.6 Å². The summed E-state index contributed by atoms with van der Waals surface area (Å²) >= 11 is 0. The van der Waals surface area contributed by atoms with Gasteiger partial charge < -0.3 is 39.8 Å². The van der Waals surface area contributed by atoms with E-state index in [1.807, 2.05) is 26.8 Å². The van der Waals surface area contributed by atoms with E-state index in [0.29, 0.717) is 31.7 Å². The van der Waals surface area contributed by atoms with Gasteiger partial charge in [-0.05, 0) is 52.0 Å². The maximum absolute atomic E-state index is 12.3. The first-order chi connectivity index (χ1) is 20.3. The van der Waals surface area contributed by atoms with Crippen molar-refractivity contribution in [2.24, 2.45) is 5.92 Å². The molecule has 0 unspecified atom stereocenters. The van der Waals surface area contributed by atoms with Gasteiger partial charge in [0.1, 0.15) is 30.2 Å². The number of carbonyl (C=O) groups excluding carboxylic acids is 3. The summed E-state index contributed by atoms with van der Waals surface area (Å²) in [4.78, 5) is 34.9. The largest absolute Gasteiger partial charge is 0.459 e. The molecule has 9 atom stereocenters. The SMILES string of the molecule is CCCNC(=O)C[C@]1(O)C[C@@]2(CO2)[C@H](O)[C@@H](/C=C/C(C)=C/C[C@@H]2O[C@H](C)[C@H](NC/C(C=O)=C\[C@H](C)OC(C)=O)C[C@@H]2C)O1. The van der Waals surface area contributed by atoms with Crippen molar-refractivity contribution in [3.05, 3.63) is 35.5 Å². The summed E-state index contributed by atoms with van der Waals surface area (Å²) in [6.45, 7) is 12.3. The lowest BCUT2D eigenvalue weighted by Crippen LogP contribution is -2.57. The van der Waals surface area contributed by atoms with E-state index in [4.69, 9.17) is 18.9 Å². The van der Waals surface area contributed by atoms with Crippen LogP contribution < -0.4 is 10.6 Å². The molecule has 3 saturated heterocycles. The standard InChI is InChI=1S/C32H50N2O9/c1-7-12-33-29(37)15-32(39)18-31(19-40-31)30(38)28(43-32)11-9-20(2)8-10-27-21(3)13-26(23(5)42-27)34-16-25(17-35)14-22(4)41-24(6)36/h8-9,11,14,17,21-23,26-28,30,34,38-39H,7,10,12-13,15-16,18-19H2,1-6H3,(H,33,37)/b11-9+,20-8+,25-14+/t21-,22-,23+,26+,27-,28+,30+,31+,32+/m0/s1. The van der Waals surface area contributed by atoms with Crippen molar-refractivity contribution in [1.29, 1.82) is 0 Å². The van der Waals surface area contributed by atoms with Crippen LogP contribution in [0.1, 0.15) is 73.6 Å². The van der Waals surface area contributed by atoms with Crippen LogP contribution in [0.15, 0.2) is 35.5 Å². The van der Waals surface area contributed by atoms with Gasteiger partial charge >= 0.3 is 5.97 Å². The molecular weight excluding hydrogens is 556 g/mol. The summed E-state index contributed by atoms with van der Waals surface area (Å²) in [7, 11) is 0. The highest BCUT2D eigenvalue weighted by Gasteiger charge is 2.62. The topological polar surface area (TPSA) is 156 Å². The highest BCUT2D eigenvalue weighted by atomic mass is 16.7. The third kappa shape index (κ3) is 10.3. The van der Waals surface area contributed by atoms with Crippen LogP contribution in [0.3, 0.4) is 0 Å². The van der Waals surface area contributed by atoms with Crippen LogP contribution in [-0.2, 0) is 33.3 Å². The van der Waals surface area contributed by atoms with Gasteiger partial charge in [0.05, 0.1) is 25.2 Å². The van der Waals surface area contributed by atoms with E-state index >= 15 is 0 Å². The summed E-state index contributed by atoms with van der Waals surface area (Å²) in [6.07, 6.45) is 7.86. The number of allylic oxidation sites excluding steroid dienone is 2. The number of carbonyl (C=O) groups is 3. The number of amides is 1. The molecule has 1 spiro atoms. The smallest absolute Gasteiger partial charge is 0.303 e. The first-order valence-electron chi connectivity index (χ1n) is 15.4. The maximum atomic E-state index is 12.3. The number of nitrogens with one attached hydrogen (secondary N) is 2. The van der Waals surface area contributed by atoms with E-state index < -0.39 is 35.7 Å². The van der Waals surface area contributed by atoms with Gasteiger partial charge in [0.25, 0.3) is 0 Å². The van der Waals surface area contributed by atoms with Crippen molar-refractivity contribution in [3.8, 4) is 0 Å². The summed E-state index contributed by atoms with van der Waals surface area (Å²) in [6, 6.07) is 0.0632. The molecule has 4 N–H and O–H groups in total. The third-order valence-corrected chi connectivity index (χ3v) is 8.26. The van der Waals surface area contributed by atoms with Crippen LogP contribution in [-0.4, -0.2) is 96.0 Å². The maximum Gasteiger partial charge on any atom is 0.303 e. The normalized spacial score (nSPS) is 35.5. The quantitative estimate of drug-likeness (QED) is 0.0761. The molecule has 3 heterocycles. The van der Waals surface area contributed by atoms with Crippen LogP contribution in [0.25, 0.3) is 0 Å². The number of hydrogen-bond donors (Lipinski definition) is 4. The molecule has 0 aromatic rings. The van der Waals surface area contributed by atoms with Gasteiger partial charge in [0.2, 0.25) is 5.91 Å². The number of epoxide rings is 1. The van der Waals surface area contributed by atoms with Crippen molar-refractivity contribution < 1.29 is 43.5 Å². The Balaban J connectivity index is 1.53. The van der Waals surface area contributed by atoms with Gasteiger partial charge in [0, 0.05) is 38.0 Å². The lowest BCUT2D eigenvalue weighted by molar-refractivity contribution is -0.282. The summed E-state index contributed by atoms with van der Waals surface area (Å²) in [5.41, 5.74) is 0.563. The Bertz CT molecular complexity index is 1070. The van der Waals surface area contributed by atoms with Crippen molar-refractivity contribution in [1.82, 2.24) is 10.6 Å². The van der Waals surface area contributed by atoms with E-state index in [-0.39, 0.29) is 42.9 Å². The molecule has 0 aliphatic carbocycles. The Morgan fingerprint density at radius 1 is 1.23 bits per heavy atom. The first-order valence-corrected chi connectivity index (χ1v) is 15.4. The zero-order valence-corrected chi connectivity index (χ0v) is 26.3. The minimum Gasteiger partial charge on any atom is -0.459 e. The van der Waals surface area contributed by atoms with Gasteiger partial charge in [-0.3, -0.25) is 14.4 Å². The number of hydrogen-bond acceptors (Lipinski definition) is 10. The van der Waals surface area contributed by atoms with Crippen LogP contribution >= 0.6 is 0 Å². The average Bonchev–Trinajstić information content (AvgIpc) is 3.70. The van der Waals surface area contributed by atoms with Crippen LogP contribution in [0.5, 0.6) is 0 Å². The fourth-order valence-corrected chi connectivity index (χ4v) is 5.81. The molecule has 242 valence electrons. The molecule has 3 fully saturated rings. The van der Waals surface area contributed by atoms with Crippen molar-refractivity contribution >= 4 is 18.2 Å². The Kier molecular flexibility index (Phi) is 12.7. The lowest BCUT2D eigenvalue weighted by atomic mass is 9.85.